The van der Waals surface area contributed by atoms with Crippen molar-refractivity contribution in [2.75, 3.05) is 13.2 Å². The second kappa shape index (κ2) is 7.02. The van der Waals surface area contributed by atoms with Gasteiger partial charge in [-0.3, -0.25) is 9.48 Å². The normalized spacial score (nSPS) is 11.6. The molecule has 0 unspecified atom stereocenters. The lowest BCUT2D eigenvalue weighted by molar-refractivity contribution is 0.0952. The molecule has 2 aromatic heterocycles. The van der Waals surface area contributed by atoms with E-state index in [1.54, 1.807) is 17.1 Å². The Balaban J connectivity index is 1.85. The Morgan fingerprint density at radius 3 is 2.86 bits per heavy atom. The van der Waals surface area contributed by atoms with Gasteiger partial charge in [-0.2, -0.15) is 5.10 Å². The monoisotopic (exact) mass is 322 g/mol. The minimum Gasteiger partial charge on any atom is -0.396 e. The van der Waals surface area contributed by atoms with Gasteiger partial charge in [0.1, 0.15) is 9.88 Å². The van der Waals surface area contributed by atoms with Crippen molar-refractivity contribution in [3.63, 3.8) is 0 Å². The molecule has 0 fully saturated rings. The molecule has 7 heteroatoms. The average Bonchev–Trinajstić information content (AvgIpc) is 3.12. The summed E-state index contributed by atoms with van der Waals surface area (Å²) in [6, 6.07) is 0. The number of aryl methyl sites for hydroxylation is 1. The summed E-state index contributed by atoms with van der Waals surface area (Å²) < 4.78 is 1.71. The number of nitrogens with one attached hydrogen (secondary N) is 1. The van der Waals surface area contributed by atoms with Crippen LogP contribution in [0.3, 0.4) is 0 Å². The van der Waals surface area contributed by atoms with Crippen LogP contribution in [0.25, 0.3) is 10.6 Å². The highest BCUT2D eigenvalue weighted by Gasteiger charge is 2.16. The quantitative estimate of drug-likeness (QED) is 0.765. The maximum Gasteiger partial charge on any atom is 0.263 e. The molecule has 0 bridgehead atoms. The van der Waals surface area contributed by atoms with Crippen LogP contribution in [0, 0.1) is 5.41 Å². The lowest BCUT2D eigenvalue weighted by atomic mass is 9.89. The van der Waals surface area contributed by atoms with E-state index in [1.165, 1.54) is 11.3 Å². The fraction of sp³-hybridized carbons (Fsp3) is 0.533. The van der Waals surface area contributed by atoms with E-state index in [1.807, 2.05) is 27.1 Å². The van der Waals surface area contributed by atoms with Gasteiger partial charge in [0.05, 0.1) is 12.4 Å². The van der Waals surface area contributed by atoms with Crippen molar-refractivity contribution in [2.45, 2.75) is 26.7 Å². The zero-order valence-electron chi connectivity index (χ0n) is 13.2. The van der Waals surface area contributed by atoms with Crippen LogP contribution < -0.4 is 5.32 Å². The number of rotatable bonds is 7. The van der Waals surface area contributed by atoms with E-state index in [4.69, 9.17) is 0 Å². The molecular weight excluding hydrogens is 300 g/mol. The molecule has 22 heavy (non-hydrogen) atoms. The third kappa shape index (κ3) is 4.38. The van der Waals surface area contributed by atoms with Gasteiger partial charge in [0, 0.05) is 32.0 Å². The largest absolute Gasteiger partial charge is 0.396 e. The Labute approximate surface area is 134 Å². The van der Waals surface area contributed by atoms with E-state index in [0.29, 0.717) is 11.4 Å². The summed E-state index contributed by atoms with van der Waals surface area (Å²) in [6.07, 6.45) is 6.91. The van der Waals surface area contributed by atoms with E-state index >= 15 is 0 Å². The van der Waals surface area contributed by atoms with Crippen LogP contribution in [-0.2, 0) is 7.05 Å². The molecule has 120 valence electrons. The lowest BCUT2D eigenvalue weighted by Gasteiger charge is -2.21. The first-order valence-corrected chi connectivity index (χ1v) is 8.07. The second-order valence-electron chi connectivity index (χ2n) is 6.11. The van der Waals surface area contributed by atoms with Crippen molar-refractivity contribution in [1.82, 2.24) is 20.1 Å². The van der Waals surface area contributed by atoms with E-state index in [0.717, 1.165) is 23.4 Å². The van der Waals surface area contributed by atoms with Gasteiger partial charge < -0.3 is 10.4 Å². The molecule has 0 spiro atoms. The molecule has 0 aliphatic carbocycles. The van der Waals surface area contributed by atoms with Gasteiger partial charge >= 0.3 is 0 Å². The number of aromatic nitrogens is 3. The minimum absolute atomic E-state index is 0.0945. The number of thiazole rings is 1. The molecule has 0 saturated heterocycles. The van der Waals surface area contributed by atoms with Gasteiger partial charge in [-0.25, -0.2) is 4.98 Å². The van der Waals surface area contributed by atoms with Crippen molar-refractivity contribution in [3.8, 4) is 10.6 Å². The number of nitrogens with zero attached hydrogens (tertiary/aromatic N) is 3. The number of carbonyl (C=O) groups is 1. The van der Waals surface area contributed by atoms with Gasteiger partial charge in [0.25, 0.3) is 5.91 Å². The maximum absolute atomic E-state index is 12.1. The number of aliphatic hydroxyl groups excluding tert-OH is 1. The molecule has 1 amide bonds. The third-order valence-electron chi connectivity index (χ3n) is 3.43. The molecule has 0 aliphatic rings. The second-order valence-corrected chi connectivity index (χ2v) is 7.14. The summed E-state index contributed by atoms with van der Waals surface area (Å²) in [6.45, 7) is 4.78. The first kappa shape index (κ1) is 16.6. The summed E-state index contributed by atoms with van der Waals surface area (Å²) in [7, 11) is 1.85. The summed E-state index contributed by atoms with van der Waals surface area (Å²) in [5.41, 5.74) is 0.819. The molecule has 6 nitrogen and oxygen atoms in total. The fourth-order valence-corrected chi connectivity index (χ4v) is 2.79. The molecule has 0 aliphatic heterocycles. The van der Waals surface area contributed by atoms with Crippen LogP contribution in [0.1, 0.15) is 36.4 Å². The molecule has 0 saturated carbocycles. The first-order chi connectivity index (χ1) is 10.4. The SMILES string of the molecule is Cn1cc(-c2ncc(C(=O)NCCCC(C)(C)CO)s2)cn1. The first-order valence-electron chi connectivity index (χ1n) is 7.25. The number of carbonyl (C=O) groups excluding carboxylic acids is 1. The third-order valence-corrected chi connectivity index (χ3v) is 4.47. The molecule has 0 radical (unpaired) electrons. The highest BCUT2D eigenvalue weighted by molar-refractivity contribution is 7.16. The smallest absolute Gasteiger partial charge is 0.263 e. The summed E-state index contributed by atoms with van der Waals surface area (Å²) in [5, 5.41) is 17.0. The lowest BCUT2D eigenvalue weighted by Crippen LogP contribution is -2.25. The van der Waals surface area contributed by atoms with Crippen LogP contribution in [0.4, 0.5) is 0 Å². The summed E-state index contributed by atoms with van der Waals surface area (Å²) >= 11 is 1.36. The highest BCUT2D eigenvalue weighted by atomic mass is 32.1. The van der Waals surface area contributed by atoms with E-state index < -0.39 is 0 Å². The Kier molecular flexibility index (Phi) is 5.31. The number of aliphatic hydroxyl groups is 1. The molecule has 2 heterocycles. The van der Waals surface area contributed by atoms with E-state index in [-0.39, 0.29) is 17.9 Å². The molecule has 0 atom stereocenters. The summed E-state index contributed by atoms with van der Waals surface area (Å²) in [5.74, 6) is -0.102. The number of hydrogen-bond acceptors (Lipinski definition) is 5. The number of amides is 1. The Bertz CT molecular complexity index is 633. The predicted molar refractivity (Wildman–Crippen MR) is 86.8 cm³/mol. The van der Waals surface area contributed by atoms with Gasteiger partial charge in [-0.05, 0) is 18.3 Å². The Morgan fingerprint density at radius 1 is 1.45 bits per heavy atom. The number of hydrogen-bond donors (Lipinski definition) is 2. The van der Waals surface area contributed by atoms with Gasteiger partial charge in [-0.1, -0.05) is 13.8 Å². The predicted octanol–water partition coefficient (Wildman–Crippen LogP) is 2.07. The minimum atomic E-state index is -0.102. The maximum atomic E-state index is 12.1. The molecule has 2 N–H and O–H groups in total. The van der Waals surface area contributed by atoms with Crippen LogP contribution in [0.15, 0.2) is 18.6 Å². The van der Waals surface area contributed by atoms with E-state index in [9.17, 15) is 9.90 Å². The van der Waals surface area contributed by atoms with Gasteiger partial charge in [-0.15, -0.1) is 11.3 Å². The van der Waals surface area contributed by atoms with Crippen LogP contribution in [0.2, 0.25) is 0 Å². The van der Waals surface area contributed by atoms with Crippen molar-refractivity contribution < 1.29 is 9.90 Å². The van der Waals surface area contributed by atoms with Gasteiger partial charge in [0.2, 0.25) is 0 Å². The van der Waals surface area contributed by atoms with Crippen molar-refractivity contribution in [3.05, 3.63) is 23.5 Å². The topological polar surface area (TPSA) is 80.0 Å². The van der Waals surface area contributed by atoms with Crippen molar-refractivity contribution in [1.29, 1.82) is 0 Å². The van der Waals surface area contributed by atoms with Crippen LogP contribution >= 0.6 is 11.3 Å². The van der Waals surface area contributed by atoms with Crippen LogP contribution in [0.5, 0.6) is 0 Å². The zero-order chi connectivity index (χ0) is 16.2. The van der Waals surface area contributed by atoms with Gasteiger partial charge in [0.15, 0.2) is 0 Å². The highest BCUT2D eigenvalue weighted by Crippen LogP contribution is 2.24. The fourth-order valence-electron chi connectivity index (χ4n) is 1.98. The Morgan fingerprint density at radius 2 is 2.23 bits per heavy atom. The molecule has 0 aromatic carbocycles. The summed E-state index contributed by atoms with van der Waals surface area (Å²) in [4.78, 5) is 16.9. The van der Waals surface area contributed by atoms with Crippen LogP contribution in [-0.4, -0.2) is 38.9 Å². The average molecular weight is 322 g/mol. The Hall–Kier alpha value is -1.73. The zero-order valence-corrected chi connectivity index (χ0v) is 14.0. The molecular formula is C15H22N4O2S. The molecule has 2 aromatic rings. The van der Waals surface area contributed by atoms with Crippen molar-refractivity contribution >= 4 is 17.2 Å². The standard InChI is InChI=1S/C15H22N4O2S/c1-15(2,10-20)5-4-6-16-13(21)12-8-17-14(22-12)11-7-18-19(3)9-11/h7-9,20H,4-6,10H2,1-3H3,(H,16,21). The van der Waals surface area contributed by atoms with E-state index in [2.05, 4.69) is 15.4 Å². The van der Waals surface area contributed by atoms with Crippen molar-refractivity contribution in [2.24, 2.45) is 12.5 Å². The molecule has 2 rings (SSSR count).